The zero-order chi connectivity index (χ0) is 21.5. The molecule has 5 aromatic rings. The van der Waals surface area contributed by atoms with Gasteiger partial charge in [-0.25, -0.2) is 14.1 Å². The van der Waals surface area contributed by atoms with Gasteiger partial charge in [0.1, 0.15) is 11.2 Å². The molecule has 5 nitrogen and oxygen atoms in total. The second kappa shape index (κ2) is 7.59. The predicted octanol–water partition coefficient (Wildman–Crippen LogP) is 5.45. The lowest BCUT2D eigenvalue weighted by Crippen LogP contribution is -2.22. The van der Waals surface area contributed by atoms with Gasteiger partial charge >= 0.3 is 0 Å². The number of hydrogen-bond acceptors (Lipinski definition) is 3. The smallest absolute Gasteiger partial charge is 0.268 e. The molecule has 31 heavy (non-hydrogen) atoms. The van der Waals surface area contributed by atoms with Crippen molar-refractivity contribution in [1.82, 2.24) is 19.3 Å². The number of rotatable bonds is 3. The summed E-state index contributed by atoms with van der Waals surface area (Å²) < 4.78 is 18.7. The highest BCUT2D eigenvalue weighted by Gasteiger charge is 2.20. The number of aromatic nitrogens is 4. The molecule has 5 rings (SSSR count). The molecule has 0 spiro atoms. The summed E-state index contributed by atoms with van der Waals surface area (Å²) in [4.78, 5) is 18.3. The van der Waals surface area contributed by atoms with Gasteiger partial charge in [0.15, 0.2) is 11.5 Å². The minimum Gasteiger partial charge on any atom is -0.268 e. The largest absolute Gasteiger partial charge is 0.269 e. The summed E-state index contributed by atoms with van der Waals surface area (Å²) >= 11 is 3.41. The Morgan fingerprint density at radius 1 is 0.935 bits per heavy atom. The van der Waals surface area contributed by atoms with Crippen LogP contribution in [0.2, 0.25) is 0 Å². The first kappa shape index (κ1) is 19.4. The Bertz CT molecular complexity index is 1490. The van der Waals surface area contributed by atoms with E-state index in [0.717, 1.165) is 15.7 Å². The van der Waals surface area contributed by atoms with Crippen molar-refractivity contribution in [3.8, 4) is 22.8 Å². The standard InChI is InChI=1S/C24H16BrFN4O/c1-15-5-4-6-18(13-15)30-23-20(14-27-30)24(31)29(17-11-9-16(25)10-12-17)22(28-23)19-7-2-3-8-21(19)26/h2-14H,1H3. The van der Waals surface area contributed by atoms with E-state index in [1.54, 1.807) is 35.0 Å². The fraction of sp³-hybridized carbons (Fsp3) is 0.0417. The average molecular weight is 475 g/mol. The molecule has 0 atom stereocenters. The Kier molecular flexibility index (Phi) is 4.75. The van der Waals surface area contributed by atoms with Crippen LogP contribution in [0.15, 0.2) is 88.3 Å². The summed E-state index contributed by atoms with van der Waals surface area (Å²) in [5, 5.41) is 4.76. The Balaban J connectivity index is 1.87. The van der Waals surface area contributed by atoms with E-state index >= 15 is 0 Å². The summed E-state index contributed by atoms with van der Waals surface area (Å²) in [5.41, 5.74) is 2.72. The van der Waals surface area contributed by atoms with Crippen LogP contribution in [0.1, 0.15) is 5.56 Å². The minimum atomic E-state index is -0.457. The predicted molar refractivity (Wildman–Crippen MR) is 122 cm³/mol. The SMILES string of the molecule is Cc1cccc(-n2ncc3c(=O)n(-c4ccc(Br)cc4)c(-c4ccccc4F)nc32)c1. The van der Waals surface area contributed by atoms with E-state index in [9.17, 15) is 9.18 Å². The molecule has 0 N–H and O–H groups in total. The highest BCUT2D eigenvalue weighted by molar-refractivity contribution is 9.10. The molecule has 3 aromatic carbocycles. The van der Waals surface area contributed by atoms with Gasteiger partial charge < -0.3 is 0 Å². The molecule has 0 aliphatic rings. The summed E-state index contributed by atoms with van der Waals surface area (Å²) in [6.07, 6.45) is 1.51. The fourth-order valence-electron chi connectivity index (χ4n) is 3.57. The Morgan fingerprint density at radius 2 is 1.71 bits per heavy atom. The van der Waals surface area contributed by atoms with Crippen LogP contribution in [-0.4, -0.2) is 19.3 Å². The third kappa shape index (κ3) is 3.37. The molecule has 0 fully saturated rings. The third-order valence-corrected chi connectivity index (χ3v) is 5.58. The highest BCUT2D eigenvalue weighted by Crippen LogP contribution is 2.26. The number of benzene rings is 3. The van der Waals surface area contributed by atoms with E-state index in [-0.39, 0.29) is 16.9 Å². The normalized spacial score (nSPS) is 11.2. The van der Waals surface area contributed by atoms with E-state index in [1.807, 2.05) is 43.3 Å². The quantitative estimate of drug-likeness (QED) is 0.349. The van der Waals surface area contributed by atoms with E-state index < -0.39 is 5.82 Å². The van der Waals surface area contributed by atoms with E-state index in [1.165, 1.54) is 16.8 Å². The molecule has 2 aromatic heterocycles. The maximum atomic E-state index is 14.8. The van der Waals surface area contributed by atoms with Crippen LogP contribution in [-0.2, 0) is 0 Å². The van der Waals surface area contributed by atoms with Gasteiger partial charge in [0.25, 0.3) is 5.56 Å². The third-order valence-electron chi connectivity index (χ3n) is 5.05. The van der Waals surface area contributed by atoms with Crippen LogP contribution in [0, 0.1) is 12.7 Å². The van der Waals surface area contributed by atoms with Crippen LogP contribution in [0.4, 0.5) is 4.39 Å². The monoisotopic (exact) mass is 474 g/mol. The molecule has 0 saturated heterocycles. The lowest BCUT2D eigenvalue weighted by molar-refractivity contribution is 0.629. The van der Waals surface area contributed by atoms with Crippen LogP contribution >= 0.6 is 15.9 Å². The molecule has 0 bridgehead atoms. The van der Waals surface area contributed by atoms with E-state index in [2.05, 4.69) is 21.0 Å². The molecule has 0 radical (unpaired) electrons. The van der Waals surface area contributed by atoms with Gasteiger partial charge in [-0.2, -0.15) is 5.10 Å². The van der Waals surface area contributed by atoms with Crippen LogP contribution in [0.5, 0.6) is 0 Å². The minimum absolute atomic E-state index is 0.215. The number of nitrogens with zero attached hydrogens (tertiary/aromatic N) is 4. The maximum absolute atomic E-state index is 14.8. The number of aryl methyl sites for hydroxylation is 1. The van der Waals surface area contributed by atoms with Gasteiger partial charge in [-0.05, 0) is 61.0 Å². The second-order valence-electron chi connectivity index (χ2n) is 7.16. The Labute approximate surface area is 185 Å². The summed E-state index contributed by atoms with van der Waals surface area (Å²) in [6.45, 7) is 1.98. The van der Waals surface area contributed by atoms with Crippen molar-refractivity contribution < 1.29 is 4.39 Å². The van der Waals surface area contributed by atoms with Gasteiger partial charge in [-0.3, -0.25) is 9.36 Å². The van der Waals surface area contributed by atoms with Crippen LogP contribution in [0.3, 0.4) is 0 Å². The fourth-order valence-corrected chi connectivity index (χ4v) is 3.83. The molecule has 0 aliphatic carbocycles. The molecule has 7 heteroatoms. The molecule has 0 unspecified atom stereocenters. The zero-order valence-electron chi connectivity index (χ0n) is 16.5. The molecular weight excluding hydrogens is 459 g/mol. The van der Waals surface area contributed by atoms with Gasteiger partial charge in [0, 0.05) is 4.47 Å². The summed E-state index contributed by atoms with van der Waals surface area (Å²) in [7, 11) is 0. The molecule has 2 heterocycles. The average Bonchev–Trinajstić information content (AvgIpc) is 3.19. The number of fused-ring (bicyclic) bond motifs is 1. The van der Waals surface area contributed by atoms with Crippen molar-refractivity contribution in [2.75, 3.05) is 0 Å². The first-order valence-electron chi connectivity index (χ1n) is 9.61. The zero-order valence-corrected chi connectivity index (χ0v) is 18.0. The Morgan fingerprint density at radius 3 is 2.45 bits per heavy atom. The van der Waals surface area contributed by atoms with Gasteiger partial charge in [-0.15, -0.1) is 0 Å². The van der Waals surface area contributed by atoms with Gasteiger partial charge in [0.2, 0.25) is 0 Å². The topological polar surface area (TPSA) is 52.7 Å². The highest BCUT2D eigenvalue weighted by atomic mass is 79.9. The summed E-state index contributed by atoms with van der Waals surface area (Å²) in [5.74, 6) is -0.242. The molecule has 0 aliphatic heterocycles. The Hall–Kier alpha value is -3.58. The van der Waals surface area contributed by atoms with Crippen LogP contribution < -0.4 is 5.56 Å². The van der Waals surface area contributed by atoms with Crippen molar-refractivity contribution in [2.45, 2.75) is 6.92 Å². The second-order valence-corrected chi connectivity index (χ2v) is 8.08. The van der Waals surface area contributed by atoms with Crippen molar-refractivity contribution in [3.05, 3.63) is 105 Å². The molecule has 0 amide bonds. The van der Waals surface area contributed by atoms with Crippen LogP contribution in [0.25, 0.3) is 33.8 Å². The van der Waals surface area contributed by atoms with Crippen molar-refractivity contribution in [1.29, 1.82) is 0 Å². The van der Waals surface area contributed by atoms with Gasteiger partial charge in [-0.1, -0.05) is 40.2 Å². The first-order chi connectivity index (χ1) is 15.0. The number of hydrogen-bond donors (Lipinski definition) is 0. The first-order valence-corrected chi connectivity index (χ1v) is 10.4. The van der Waals surface area contributed by atoms with Crippen molar-refractivity contribution in [3.63, 3.8) is 0 Å². The lowest BCUT2D eigenvalue weighted by atomic mass is 10.1. The van der Waals surface area contributed by atoms with E-state index in [4.69, 9.17) is 4.98 Å². The molecule has 0 saturated carbocycles. The van der Waals surface area contributed by atoms with Gasteiger partial charge in [0.05, 0.1) is 23.1 Å². The maximum Gasteiger partial charge on any atom is 0.269 e. The summed E-state index contributed by atoms with van der Waals surface area (Å²) in [6, 6.07) is 21.3. The lowest BCUT2D eigenvalue weighted by Gasteiger charge is -2.14. The van der Waals surface area contributed by atoms with Crippen molar-refractivity contribution >= 4 is 27.0 Å². The molecule has 152 valence electrons. The van der Waals surface area contributed by atoms with Crippen molar-refractivity contribution in [2.24, 2.45) is 0 Å². The number of halogens is 2. The van der Waals surface area contributed by atoms with E-state index in [0.29, 0.717) is 16.7 Å². The molecular formula is C24H16BrFN4O.